The van der Waals surface area contributed by atoms with Crippen molar-refractivity contribution in [3.63, 3.8) is 0 Å². The van der Waals surface area contributed by atoms with E-state index in [0.717, 1.165) is 39.1 Å². The van der Waals surface area contributed by atoms with E-state index in [-0.39, 0.29) is 11.4 Å². The normalized spacial score (nSPS) is 16.2. The lowest BCUT2D eigenvalue weighted by atomic mass is 10.1. The molecule has 1 aliphatic rings. The van der Waals surface area contributed by atoms with Crippen LogP contribution in [0.15, 0.2) is 18.2 Å². The number of hydrogen-bond acceptors (Lipinski definition) is 6. The summed E-state index contributed by atoms with van der Waals surface area (Å²) in [5, 5.41) is 19.7. The van der Waals surface area contributed by atoms with Crippen LogP contribution in [0.3, 0.4) is 0 Å². The van der Waals surface area contributed by atoms with E-state index < -0.39 is 11.1 Å². The Kier molecular flexibility index (Phi) is 5.89. The van der Waals surface area contributed by atoms with Crippen molar-refractivity contribution in [3.8, 4) is 5.75 Å². The predicted octanol–water partition coefficient (Wildman–Crippen LogP) is 1.83. The van der Waals surface area contributed by atoms with Crippen molar-refractivity contribution in [2.24, 2.45) is 0 Å². The number of nitrogens with zero attached hydrogens (tertiary/aromatic N) is 3. The van der Waals surface area contributed by atoms with E-state index >= 15 is 0 Å². The van der Waals surface area contributed by atoms with Crippen molar-refractivity contribution in [1.29, 1.82) is 0 Å². The number of nitro groups is 1. The molecule has 0 radical (unpaired) electrons. The van der Waals surface area contributed by atoms with Crippen LogP contribution in [0.5, 0.6) is 5.75 Å². The Morgan fingerprint density at radius 1 is 1.35 bits per heavy atom. The molecule has 8 nitrogen and oxygen atoms in total. The van der Waals surface area contributed by atoms with Gasteiger partial charge in [-0.1, -0.05) is 0 Å². The smallest absolute Gasteiger partial charge is 0.449 e. The van der Waals surface area contributed by atoms with Gasteiger partial charge in [0.05, 0.1) is 4.92 Å². The molecule has 0 unspecified atom stereocenters. The summed E-state index contributed by atoms with van der Waals surface area (Å²) >= 11 is 0. The van der Waals surface area contributed by atoms with Crippen LogP contribution < -0.4 is 4.74 Å². The second-order valence-corrected chi connectivity index (χ2v) is 5.66. The lowest BCUT2D eigenvalue weighted by Gasteiger charge is -2.32. The maximum absolute atomic E-state index is 11.1. The summed E-state index contributed by atoms with van der Waals surface area (Å²) in [6, 6.07) is 4.04. The number of benzene rings is 1. The van der Waals surface area contributed by atoms with Crippen molar-refractivity contribution in [1.82, 2.24) is 9.80 Å². The fraction of sp³-hybridized carbons (Fsp3) is 0.533. The predicted molar refractivity (Wildman–Crippen MR) is 84.0 cm³/mol. The summed E-state index contributed by atoms with van der Waals surface area (Å²) in [4.78, 5) is 25.8. The Balaban J connectivity index is 1.96. The zero-order chi connectivity index (χ0) is 16.8. The van der Waals surface area contributed by atoms with Gasteiger partial charge >= 0.3 is 6.16 Å². The molecular weight excluding hydrogens is 302 g/mol. The minimum atomic E-state index is -1.43. The average Bonchev–Trinajstić information content (AvgIpc) is 2.48. The molecule has 1 aromatic carbocycles. The van der Waals surface area contributed by atoms with Gasteiger partial charge in [0, 0.05) is 37.8 Å². The number of piperazine rings is 1. The molecule has 8 heteroatoms. The molecule has 1 aliphatic heterocycles. The van der Waals surface area contributed by atoms with Crippen molar-refractivity contribution < 1.29 is 19.6 Å². The molecule has 0 spiro atoms. The van der Waals surface area contributed by atoms with Crippen LogP contribution in [0.2, 0.25) is 0 Å². The Labute approximate surface area is 134 Å². The van der Waals surface area contributed by atoms with Gasteiger partial charge in [0.15, 0.2) is 0 Å². The summed E-state index contributed by atoms with van der Waals surface area (Å²) in [6.45, 7) is 4.93. The van der Waals surface area contributed by atoms with Crippen LogP contribution in [0.25, 0.3) is 0 Å². The van der Waals surface area contributed by atoms with Crippen LogP contribution in [0.4, 0.5) is 10.5 Å². The second-order valence-electron chi connectivity index (χ2n) is 5.66. The first-order valence-corrected chi connectivity index (χ1v) is 7.54. The molecule has 1 aromatic rings. The van der Waals surface area contributed by atoms with E-state index in [9.17, 15) is 14.9 Å². The first-order valence-electron chi connectivity index (χ1n) is 7.54. The number of hydrogen-bond donors (Lipinski definition) is 1. The van der Waals surface area contributed by atoms with Crippen molar-refractivity contribution in [3.05, 3.63) is 33.9 Å². The van der Waals surface area contributed by atoms with Gasteiger partial charge < -0.3 is 19.6 Å². The largest absolute Gasteiger partial charge is 0.511 e. The summed E-state index contributed by atoms with van der Waals surface area (Å²) in [7, 11) is 2.09. The fourth-order valence-electron chi connectivity index (χ4n) is 2.67. The Morgan fingerprint density at radius 2 is 2.04 bits per heavy atom. The number of carboxylic acid groups (broad SMARTS) is 1. The molecule has 0 amide bonds. The highest BCUT2D eigenvalue weighted by Gasteiger charge is 2.17. The quantitative estimate of drug-likeness (QED) is 0.369. The SMILES string of the molecule is CN1CCN(CCCc2cc(OC(=O)O)ccc2[N+](=O)[O-])CC1. The highest BCUT2D eigenvalue weighted by molar-refractivity contribution is 5.62. The molecule has 1 N–H and O–H groups in total. The van der Waals surface area contributed by atoms with E-state index in [0.29, 0.717) is 12.0 Å². The number of nitro benzene ring substituents is 1. The Bertz CT molecular complexity index is 570. The zero-order valence-corrected chi connectivity index (χ0v) is 13.1. The van der Waals surface area contributed by atoms with Gasteiger partial charge in [0.25, 0.3) is 5.69 Å². The van der Waals surface area contributed by atoms with Crippen LogP contribution in [-0.4, -0.2) is 65.8 Å². The molecule has 0 aromatic heterocycles. The molecule has 126 valence electrons. The third-order valence-corrected chi connectivity index (χ3v) is 3.97. The summed E-state index contributed by atoms with van der Waals surface area (Å²) in [5.41, 5.74) is 0.504. The van der Waals surface area contributed by atoms with Gasteiger partial charge in [-0.25, -0.2) is 4.79 Å². The third kappa shape index (κ3) is 5.19. The van der Waals surface area contributed by atoms with Crippen molar-refractivity contribution in [2.75, 3.05) is 39.8 Å². The second kappa shape index (κ2) is 7.89. The van der Waals surface area contributed by atoms with Gasteiger partial charge in [0.1, 0.15) is 5.75 Å². The van der Waals surface area contributed by atoms with Gasteiger partial charge in [0.2, 0.25) is 0 Å². The van der Waals surface area contributed by atoms with Crippen LogP contribution in [-0.2, 0) is 6.42 Å². The van der Waals surface area contributed by atoms with Gasteiger partial charge in [-0.15, -0.1) is 0 Å². The average molecular weight is 323 g/mol. The van der Waals surface area contributed by atoms with E-state index in [2.05, 4.69) is 21.6 Å². The highest BCUT2D eigenvalue weighted by atomic mass is 16.7. The maximum atomic E-state index is 11.1. The van der Waals surface area contributed by atoms with E-state index in [1.165, 1.54) is 18.2 Å². The third-order valence-electron chi connectivity index (χ3n) is 3.97. The topological polar surface area (TPSA) is 96.2 Å². The summed E-state index contributed by atoms with van der Waals surface area (Å²) in [6.07, 6.45) is -0.136. The minimum Gasteiger partial charge on any atom is -0.449 e. The van der Waals surface area contributed by atoms with Crippen LogP contribution in [0.1, 0.15) is 12.0 Å². The number of rotatable bonds is 6. The molecule has 0 atom stereocenters. The molecule has 2 rings (SSSR count). The maximum Gasteiger partial charge on any atom is 0.511 e. The van der Waals surface area contributed by atoms with E-state index in [4.69, 9.17) is 5.11 Å². The molecule has 0 saturated carbocycles. The molecule has 1 fully saturated rings. The summed E-state index contributed by atoms with van der Waals surface area (Å²) < 4.78 is 4.58. The van der Waals surface area contributed by atoms with E-state index in [1.807, 2.05) is 0 Å². The van der Waals surface area contributed by atoms with Crippen LogP contribution >= 0.6 is 0 Å². The molecule has 0 bridgehead atoms. The van der Waals surface area contributed by atoms with Gasteiger partial charge in [-0.05, 0) is 38.6 Å². The fourth-order valence-corrected chi connectivity index (χ4v) is 2.67. The molecule has 1 heterocycles. The highest BCUT2D eigenvalue weighted by Crippen LogP contribution is 2.25. The Hall–Kier alpha value is -2.19. The van der Waals surface area contributed by atoms with E-state index in [1.54, 1.807) is 0 Å². The standard InChI is InChI=1S/C15H21N3O5/c1-16-7-9-17(10-8-16)6-2-3-12-11-13(23-15(19)20)4-5-14(12)18(21)22/h4-5,11H,2-3,6-10H2,1H3,(H,19,20). The summed E-state index contributed by atoms with van der Waals surface area (Å²) in [5.74, 6) is 0.109. The number of aryl methyl sites for hydroxylation is 1. The van der Waals surface area contributed by atoms with Crippen molar-refractivity contribution >= 4 is 11.8 Å². The monoisotopic (exact) mass is 323 g/mol. The zero-order valence-electron chi connectivity index (χ0n) is 13.1. The first kappa shape index (κ1) is 17.2. The number of carbonyl (C=O) groups is 1. The van der Waals surface area contributed by atoms with Gasteiger partial charge in [-0.2, -0.15) is 0 Å². The molecule has 0 aliphatic carbocycles. The van der Waals surface area contributed by atoms with Crippen LogP contribution in [0, 0.1) is 10.1 Å². The Morgan fingerprint density at radius 3 is 2.65 bits per heavy atom. The minimum absolute atomic E-state index is 0.00103. The molecule has 1 saturated heterocycles. The number of likely N-dealkylation sites (N-methyl/N-ethyl adjacent to an activating group) is 1. The first-order chi connectivity index (χ1) is 11.0. The van der Waals surface area contributed by atoms with Gasteiger partial charge in [-0.3, -0.25) is 10.1 Å². The molecule has 23 heavy (non-hydrogen) atoms. The lowest BCUT2D eigenvalue weighted by molar-refractivity contribution is -0.385. The number of ether oxygens (including phenoxy) is 1. The molecular formula is C15H21N3O5. The lowest BCUT2D eigenvalue weighted by Crippen LogP contribution is -2.44. The van der Waals surface area contributed by atoms with Crippen molar-refractivity contribution in [2.45, 2.75) is 12.8 Å².